The first-order valence-electron chi connectivity index (χ1n) is 9.26. The van der Waals surface area contributed by atoms with Gasteiger partial charge in [-0.3, -0.25) is 9.59 Å². The van der Waals surface area contributed by atoms with E-state index >= 15 is 0 Å². The van der Waals surface area contributed by atoms with Crippen molar-refractivity contribution in [1.82, 2.24) is 10.2 Å². The highest BCUT2D eigenvalue weighted by Gasteiger charge is 2.31. The number of halogens is 1. The van der Waals surface area contributed by atoms with Gasteiger partial charge >= 0.3 is 0 Å². The van der Waals surface area contributed by atoms with Crippen molar-refractivity contribution in [3.8, 4) is 0 Å². The first kappa shape index (κ1) is 22.5. The van der Waals surface area contributed by atoms with Crippen LogP contribution in [-0.4, -0.2) is 42.4 Å². The minimum atomic E-state index is -0.205. The topological polar surface area (TPSA) is 75.4 Å². The first-order chi connectivity index (χ1) is 11.9. The lowest BCUT2D eigenvalue weighted by Crippen LogP contribution is -2.50. The van der Waals surface area contributed by atoms with E-state index in [-0.39, 0.29) is 35.7 Å². The predicted molar refractivity (Wildman–Crippen MR) is 107 cm³/mol. The fourth-order valence-corrected chi connectivity index (χ4v) is 3.46. The molecule has 146 valence electrons. The highest BCUT2D eigenvalue weighted by molar-refractivity contribution is 5.85. The molecular formula is C20H32ClN3O2. The Bertz CT molecular complexity index is 578. The highest BCUT2D eigenvalue weighted by Crippen LogP contribution is 2.29. The van der Waals surface area contributed by atoms with E-state index in [1.165, 1.54) is 5.56 Å². The van der Waals surface area contributed by atoms with Gasteiger partial charge in [0.25, 0.3) is 0 Å². The standard InChI is InChI=1S/C20H31N3O2.ClH/c1-20(2,16-8-4-3-5-9-16)14-19(25)23-13-7-6-10-17(23)15-22-18(24)11-12-21;/h3-5,8-9,17H,6-7,10-15,21H2,1-2H3,(H,22,24);1H. The Balaban J connectivity index is 0.00000338. The van der Waals surface area contributed by atoms with Crippen LogP contribution in [0.3, 0.4) is 0 Å². The van der Waals surface area contributed by atoms with Crippen molar-refractivity contribution in [2.75, 3.05) is 19.6 Å². The maximum Gasteiger partial charge on any atom is 0.223 e. The molecule has 0 aliphatic carbocycles. The fourth-order valence-electron chi connectivity index (χ4n) is 3.46. The summed E-state index contributed by atoms with van der Waals surface area (Å²) in [4.78, 5) is 26.6. The van der Waals surface area contributed by atoms with E-state index in [2.05, 4.69) is 31.3 Å². The van der Waals surface area contributed by atoms with E-state index in [1.807, 2.05) is 23.1 Å². The summed E-state index contributed by atoms with van der Waals surface area (Å²) in [5.41, 5.74) is 6.38. The van der Waals surface area contributed by atoms with Gasteiger partial charge in [-0.15, -0.1) is 12.4 Å². The van der Waals surface area contributed by atoms with Gasteiger partial charge in [-0.05, 0) is 30.2 Å². The summed E-state index contributed by atoms with van der Waals surface area (Å²) < 4.78 is 0. The van der Waals surface area contributed by atoms with Crippen LogP contribution in [-0.2, 0) is 15.0 Å². The molecule has 6 heteroatoms. The van der Waals surface area contributed by atoms with Crippen LogP contribution in [0.1, 0.15) is 51.5 Å². The molecule has 0 saturated carbocycles. The second-order valence-electron chi connectivity index (χ2n) is 7.51. The molecule has 0 aromatic heterocycles. The molecule has 5 nitrogen and oxygen atoms in total. The van der Waals surface area contributed by atoms with Gasteiger partial charge in [-0.2, -0.15) is 0 Å². The molecule has 0 spiro atoms. The van der Waals surface area contributed by atoms with Gasteiger partial charge in [-0.25, -0.2) is 0 Å². The number of hydrogen-bond acceptors (Lipinski definition) is 3. The Morgan fingerprint density at radius 1 is 1.23 bits per heavy atom. The smallest absolute Gasteiger partial charge is 0.223 e. The quantitative estimate of drug-likeness (QED) is 0.762. The van der Waals surface area contributed by atoms with E-state index in [0.717, 1.165) is 25.8 Å². The number of rotatable bonds is 7. The van der Waals surface area contributed by atoms with Crippen LogP contribution in [0.2, 0.25) is 0 Å². The lowest BCUT2D eigenvalue weighted by Gasteiger charge is -2.38. The summed E-state index contributed by atoms with van der Waals surface area (Å²) in [5.74, 6) is 0.136. The van der Waals surface area contributed by atoms with Crippen LogP contribution in [0.5, 0.6) is 0 Å². The van der Waals surface area contributed by atoms with Crippen molar-refractivity contribution in [3.63, 3.8) is 0 Å². The zero-order chi connectivity index (χ0) is 18.3. The number of carbonyl (C=O) groups excluding carboxylic acids is 2. The summed E-state index contributed by atoms with van der Waals surface area (Å²) in [7, 11) is 0. The molecule has 1 saturated heterocycles. The largest absolute Gasteiger partial charge is 0.354 e. The van der Waals surface area contributed by atoms with E-state index in [0.29, 0.717) is 25.9 Å². The normalized spacial score (nSPS) is 17.3. The third-order valence-corrected chi connectivity index (χ3v) is 5.00. The molecule has 26 heavy (non-hydrogen) atoms. The van der Waals surface area contributed by atoms with Crippen molar-refractivity contribution in [2.45, 2.75) is 57.4 Å². The number of amides is 2. The molecule has 2 rings (SSSR count). The number of hydrogen-bond donors (Lipinski definition) is 2. The molecular weight excluding hydrogens is 350 g/mol. The molecule has 0 bridgehead atoms. The number of likely N-dealkylation sites (tertiary alicyclic amines) is 1. The Morgan fingerprint density at radius 2 is 1.92 bits per heavy atom. The van der Waals surface area contributed by atoms with Crippen LogP contribution >= 0.6 is 12.4 Å². The van der Waals surface area contributed by atoms with Gasteiger partial charge < -0.3 is 16.0 Å². The molecule has 1 aromatic carbocycles. The number of nitrogens with two attached hydrogens (primary N) is 1. The summed E-state index contributed by atoms with van der Waals surface area (Å²) >= 11 is 0. The second-order valence-corrected chi connectivity index (χ2v) is 7.51. The molecule has 1 aromatic rings. The van der Waals surface area contributed by atoms with Gasteiger partial charge in [-0.1, -0.05) is 44.2 Å². The monoisotopic (exact) mass is 381 g/mol. The minimum absolute atomic E-state index is 0. The van der Waals surface area contributed by atoms with Crippen molar-refractivity contribution < 1.29 is 9.59 Å². The highest BCUT2D eigenvalue weighted by atomic mass is 35.5. The molecule has 1 atom stereocenters. The Labute approximate surface area is 163 Å². The Kier molecular flexibility index (Phi) is 9.09. The summed E-state index contributed by atoms with van der Waals surface area (Å²) in [6, 6.07) is 10.3. The summed E-state index contributed by atoms with van der Waals surface area (Å²) in [5, 5.41) is 2.92. The summed E-state index contributed by atoms with van der Waals surface area (Å²) in [6.45, 7) is 5.88. The average molecular weight is 382 g/mol. The third-order valence-electron chi connectivity index (χ3n) is 5.00. The number of nitrogens with one attached hydrogen (secondary N) is 1. The van der Waals surface area contributed by atoms with Gasteiger partial charge in [0.1, 0.15) is 0 Å². The first-order valence-corrected chi connectivity index (χ1v) is 9.26. The van der Waals surface area contributed by atoms with Crippen molar-refractivity contribution in [3.05, 3.63) is 35.9 Å². The SMILES string of the molecule is CC(C)(CC(=O)N1CCCCC1CNC(=O)CCN)c1ccccc1.Cl. The van der Waals surface area contributed by atoms with Crippen molar-refractivity contribution >= 4 is 24.2 Å². The lowest BCUT2D eigenvalue weighted by molar-refractivity contribution is -0.136. The van der Waals surface area contributed by atoms with Crippen molar-refractivity contribution in [2.24, 2.45) is 5.73 Å². The minimum Gasteiger partial charge on any atom is -0.354 e. The van der Waals surface area contributed by atoms with Gasteiger partial charge in [0.05, 0.1) is 0 Å². The molecule has 1 unspecified atom stereocenters. The third kappa shape index (κ3) is 6.29. The molecule has 1 heterocycles. The Morgan fingerprint density at radius 3 is 2.58 bits per heavy atom. The molecule has 3 N–H and O–H groups in total. The zero-order valence-electron chi connectivity index (χ0n) is 15.9. The van der Waals surface area contributed by atoms with E-state index in [9.17, 15) is 9.59 Å². The molecule has 1 fully saturated rings. The van der Waals surface area contributed by atoms with Gasteiger partial charge in [0, 0.05) is 38.5 Å². The van der Waals surface area contributed by atoms with Crippen LogP contribution < -0.4 is 11.1 Å². The number of carbonyl (C=O) groups is 2. The summed E-state index contributed by atoms with van der Waals surface area (Å²) in [6.07, 6.45) is 3.89. The lowest BCUT2D eigenvalue weighted by atomic mass is 9.81. The maximum atomic E-state index is 13.0. The van der Waals surface area contributed by atoms with E-state index < -0.39 is 0 Å². The van der Waals surface area contributed by atoms with Crippen LogP contribution in [0.15, 0.2) is 30.3 Å². The van der Waals surface area contributed by atoms with Crippen LogP contribution in [0.25, 0.3) is 0 Å². The zero-order valence-corrected chi connectivity index (χ0v) is 16.7. The van der Waals surface area contributed by atoms with Crippen molar-refractivity contribution in [1.29, 1.82) is 0 Å². The molecule has 0 radical (unpaired) electrons. The number of benzene rings is 1. The average Bonchev–Trinajstić information content (AvgIpc) is 2.61. The predicted octanol–water partition coefficient (Wildman–Crippen LogP) is 2.62. The molecule has 1 aliphatic rings. The molecule has 2 amide bonds. The Hall–Kier alpha value is -1.59. The van der Waals surface area contributed by atoms with Crippen LogP contribution in [0, 0.1) is 0 Å². The van der Waals surface area contributed by atoms with Gasteiger partial charge in [0.2, 0.25) is 11.8 Å². The van der Waals surface area contributed by atoms with Gasteiger partial charge in [0.15, 0.2) is 0 Å². The number of nitrogens with zero attached hydrogens (tertiary/aromatic N) is 1. The van der Waals surface area contributed by atoms with E-state index in [1.54, 1.807) is 0 Å². The van der Waals surface area contributed by atoms with Crippen LogP contribution in [0.4, 0.5) is 0 Å². The van der Waals surface area contributed by atoms with E-state index in [4.69, 9.17) is 5.73 Å². The fraction of sp³-hybridized carbons (Fsp3) is 0.600. The second kappa shape index (κ2) is 10.5. The molecule has 1 aliphatic heterocycles. The number of piperidine rings is 1. The maximum absolute atomic E-state index is 13.0.